The van der Waals surface area contributed by atoms with Crippen LogP contribution < -0.4 is 0 Å². The molecule has 0 aromatic heterocycles. The molecule has 2 N–H and O–H groups in total. The second-order valence-electron chi connectivity index (χ2n) is 2.22. The predicted octanol–water partition coefficient (Wildman–Crippen LogP) is 0.589. The molecule has 0 fully saturated rings. The molecule has 0 aliphatic carbocycles. The van der Waals surface area contributed by atoms with Crippen molar-refractivity contribution in [2.24, 2.45) is 0 Å². The molecule has 4 nitrogen and oxygen atoms in total. The first kappa shape index (κ1) is 10.1. The average Bonchev–Trinajstić information content (AvgIpc) is 1.81. The Morgan fingerprint density at radius 1 is 1.60 bits per heavy atom. The van der Waals surface area contributed by atoms with Crippen molar-refractivity contribution in [2.45, 2.75) is 19.4 Å². The molecule has 0 radical (unpaired) electrons. The first-order valence-corrected chi connectivity index (χ1v) is 4.83. The van der Waals surface area contributed by atoms with Gasteiger partial charge in [-0.15, -0.1) is 0 Å². The smallest absolute Gasteiger partial charge is 0.325 e. The van der Waals surface area contributed by atoms with E-state index in [9.17, 15) is 4.57 Å². The van der Waals surface area contributed by atoms with E-state index in [1.54, 1.807) is 6.92 Å². The van der Waals surface area contributed by atoms with Gasteiger partial charge in [-0.2, -0.15) is 0 Å². The first-order valence-electron chi connectivity index (χ1n) is 3.03. The van der Waals surface area contributed by atoms with Gasteiger partial charge >= 0.3 is 7.60 Å². The van der Waals surface area contributed by atoms with Crippen LogP contribution >= 0.6 is 7.60 Å². The second kappa shape index (κ2) is 4.09. The Balaban J connectivity index is 3.46. The van der Waals surface area contributed by atoms with Crippen molar-refractivity contribution >= 4 is 7.60 Å². The van der Waals surface area contributed by atoms with Crippen LogP contribution in [0.5, 0.6) is 0 Å². The van der Waals surface area contributed by atoms with Crippen molar-refractivity contribution in [1.29, 1.82) is 0 Å². The van der Waals surface area contributed by atoms with E-state index < -0.39 is 7.60 Å². The van der Waals surface area contributed by atoms with Crippen molar-refractivity contribution < 1.29 is 19.1 Å². The van der Waals surface area contributed by atoms with Crippen LogP contribution in [0, 0.1) is 0 Å². The maximum Gasteiger partial charge on any atom is 0.325 e. The van der Waals surface area contributed by atoms with Gasteiger partial charge in [-0.05, 0) is 13.3 Å². The molecule has 0 aliphatic heterocycles. The number of methoxy groups -OCH3 is 1. The number of hydrogen-bond donors (Lipinski definition) is 2. The summed E-state index contributed by atoms with van der Waals surface area (Å²) in [5.74, 6) is 0. The molecule has 0 bridgehead atoms. The van der Waals surface area contributed by atoms with Crippen LogP contribution in [-0.2, 0) is 9.30 Å². The largest absolute Gasteiger partial charge is 0.382 e. The van der Waals surface area contributed by atoms with Crippen molar-refractivity contribution in [3.05, 3.63) is 0 Å². The van der Waals surface area contributed by atoms with Gasteiger partial charge in [0.2, 0.25) is 0 Å². The van der Waals surface area contributed by atoms with Gasteiger partial charge in [-0.1, -0.05) is 0 Å². The zero-order chi connectivity index (χ0) is 8.20. The van der Waals surface area contributed by atoms with Crippen LogP contribution in [0.4, 0.5) is 0 Å². The Morgan fingerprint density at radius 3 is 2.40 bits per heavy atom. The molecular weight excluding hydrogens is 155 g/mol. The van der Waals surface area contributed by atoms with E-state index in [-0.39, 0.29) is 12.3 Å². The Morgan fingerprint density at radius 2 is 2.10 bits per heavy atom. The van der Waals surface area contributed by atoms with E-state index in [0.29, 0.717) is 6.42 Å². The van der Waals surface area contributed by atoms with Crippen molar-refractivity contribution in [2.75, 3.05) is 13.3 Å². The molecule has 0 amide bonds. The summed E-state index contributed by atoms with van der Waals surface area (Å²) < 4.78 is 15.1. The molecule has 0 aliphatic rings. The van der Waals surface area contributed by atoms with Crippen LogP contribution in [-0.4, -0.2) is 29.2 Å². The van der Waals surface area contributed by atoms with Crippen LogP contribution in [0.25, 0.3) is 0 Å². The summed E-state index contributed by atoms with van der Waals surface area (Å²) in [6.07, 6.45) is 0.232. The third-order valence-corrected chi connectivity index (χ3v) is 2.07. The van der Waals surface area contributed by atoms with Crippen molar-refractivity contribution in [1.82, 2.24) is 0 Å². The summed E-state index contributed by atoms with van der Waals surface area (Å²) in [6.45, 7) is 1.77. The van der Waals surface area contributed by atoms with Crippen molar-refractivity contribution in [3.63, 3.8) is 0 Å². The minimum absolute atomic E-state index is 0.0763. The maximum absolute atomic E-state index is 10.3. The van der Waals surface area contributed by atoms with Gasteiger partial charge in [0.25, 0.3) is 0 Å². The molecule has 10 heavy (non-hydrogen) atoms. The normalized spacial score (nSPS) is 15.2. The summed E-state index contributed by atoms with van der Waals surface area (Å²) in [6, 6.07) is 0. The lowest BCUT2D eigenvalue weighted by Gasteiger charge is -2.08. The molecule has 1 unspecified atom stereocenters. The van der Waals surface area contributed by atoms with Gasteiger partial charge in [-0.25, -0.2) is 0 Å². The van der Waals surface area contributed by atoms with Crippen LogP contribution in [0.1, 0.15) is 13.3 Å². The monoisotopic (exact) mass is 168 g/mol. The molecule has 0 spiro atoms. The van der Waals surface area contributed by atoms with Gasteiger partial charge in [-0.3, -0.25) is 4.57 Å². The van der Waals surface area contributed by atoms with Gasteiger partial charge in [0.1, 0.15) is 0 Å². The van der Waals surface area contributed by atoms with E-state index in [2.05, 4.69) is 0 Å². The van der Waals surface area contributed by atoms with E-state index >= 15 is 0 Å². The maximum atomic E-state index is 10.3. The van der Waals surface area contributed by atoms with E-state index in [1.165, 1.54) is 7.11 Å². The summed E-state index contributed by atoms with van der Waals surface area (Å²) in [5.41, 5.74) is 0. The zero-order valence-electron chi connectivity index (χ0n) is 6.15. The lowest BCUT2D eigenvalue weighted by Crippen LogP contribution is -2.06. The Bertz CT molecular complexity index is 130. The fourth-order valence-corrected chi connectivity index (χ4v) is 1.17. The summed E-state index contributed by atoms with van der Waals surface area (Å²) in [5, 5.41) is 0. The molecule has 0 aromatic carbocycles. The molecule has 0 aromatic rings. The molecule has 0 saturated heterocycles. The second-order valence-corrected chi connectivity index (χ2v) is 4.00. The lowest BCUT2D eigenvalue weighted by molar-refractivity contribution is 0.114. The van der Waals surface area contributed by atoms with E-state index in [4.69, 9.17) is 14.5 Å². The Kier molecular flexibility index (Phi) is 4.13. The van der Waals surface area contributed by atoms with Crippen LogP contribution in [0.3, 0.4) is 0 Å². The van der Waals surface area contributed by atoms with E-state index in [0.717, 1.165) is 0 Å². The van der Waals surface area contributed by atoms with E-state index in [1.807, 2.05) is 0 Å². The fraction of sp³-hybridized carbons (Fsp3) is 1.00. The first-order chi connectivity index (χ1) is 4.45. The summed E-state index contributed by atoms with van der Waals surface area (Å²) in [4.78, 5) is 16.8. The third-order valence-electron chi connectivity index (χ3n) is 1.23. The molecular formula is C5H13O4P. The highest BCUT2D eigenvalue weighted by molar-refractivity contribution is 7.51. The quantitative estimate of drug-likeness (QED) is 0.603. The minimum atomic E-state index is -3.81. The highest BCUT2D eigenvalue weighted by atomic mass is 31.2. The highest BCUT2D eigenvalue weighted by Gasteiger charge is 2.13. The van der Waals surface area contributed by atoms with Gasteiger partial charge in [0, 0.05) is 7.11 Å². The zero-order valence-corrected chi connectivity index (χ0v) is 7.04. The Labute approximate surface area is 60.4 Å². The topological polar surface area (TPSA) is 66.8 Å². The predicted molar refractivity (Wildman–Crippen MR) is 38.0 cm³/mol. The van der Waals surface area contributed by atoms with Crippen LogP contribution in [0.15, 0.2) is 0 Å². The van der Waals surface area contributed by atoms with Crippen molar-refractivity contribution in [3.8, 4) is 0 Å². The number of ether oxygens (including phenoxy) is 1. The fourth-order valence-electron chi connectivity index (χ4n) is 0.468. The van der Waals surface area contributed by atoms with Gasteiger partial charge < -0.3 is 14.5 Å². The number of rotatable bonds is 4. The molecule has 62 valence electrons. The average molecular weight is 168 g/mol. The number of hydrogen-bond acceptors (Lipinski definition) is 2. The standard InChI is InChI=1S/C5H13O4P/c1-5(9-2)3-4-10(6,7)8/h5H,3-4H2,1-2H3,(H2,6,7,8). The lowest BCUT2D eigenvalue weighted by atomic mass is 10.3. The SMILES string of the molecule is COC(C)CCP(=O)(O)O. The van der Waals surface area contributed by atoms with Crippen LogP contribution in [0.2, 0.25) is 0 Å². The van der Waals surface area contributed by atoms with Gasteiger partial charge in [0.15, 0.2) is 0 Å². The molecule has 1 atom stereocenters. The summed E-state index contributed by atoms with van der Waals surface area (Å²) in [7, 11) is -2.29. The van der Waals surface area contributed by atoms with Gasteiger partial charge in [0.05, 0.1) is 12.3 Å². The minimum Gasteiger partial charge on any atom is -0.382 e. The molecule has 0 saturated carbocycles. The highest BCUT2D eigenvalue weighted by Crippen LogP contribution is 2.35. The summed E-state index contributed by atoms with van der Waals surface area (Å²) >= 11 is 0. The Hall–Kier alpha value is 0.110. The third kappa shape index (κ3) is 6.23. The molecule has 0 heterocycles. The molecule has 5 heteroatoms. The molecule has 0 rings (SSSR count).